The molecule has 4 nitrogen and oxygen atoms in total. The minimum absolute atomic E-state index is 0.0228. The minimum Gasteiger partial charge on any atom is -0.469 e. The molecule has 0 saturated carbocycles. The lowest BCUT2D eigenvalue weighted by Crippen LogP contribution is -2.12. The summed E-state index contributed by atoms with van der Waals surface area (Å²) in [6.07, 6.45) is -4.64. The predicted octanol–water partition coefficient (Wildman–Crippen LogP) is 4.66. The van der Waals surface area contributed by atoms with Crippen molar-refractivity contribution in [2.24, 2.45) is 7.05 Å². The predicted molar refractivity (Wildman–Crippen MR) is 84.0 cm³/mol. The molecule has 0 atom stereocenters. The second-order valence-electron chi connectivity index (χ2n) is 5.13. The summed E-state index contributed by atoms with van der Waals surface area (Å²) in [5, 5.41) is 3.00. The molecule has 25 heavy (non-hydrogen) atoms. The van der Waals surface area contributed by atoms with Crippen molar-refractivity contribution < 1.29 is 27.1 Å². The average Bonchev–Trinajstić information content (AvgIpc) is 2.80. The lowest BCUT2D eigenvalue weighted by molar-refractivity contribution is -0.143. The van der Waals surface area contributed by atoms with E-state index in [2.05, 4.69) is 9.84 Å². The molecule has 0 radical (unpaired) electrons. The molecule has 1 aromatic carbocycles. The van der Waals surface area contributed by atoms with Crippen LogP contribution < -0.4 is 0 Å². The Balaban J connectivity index is 2.51. The van der Waals surface area contributed by atoms with Gasteiger partial charge in [-0.05, 0) is 24.1 Å². The second kappa shape index (κ2) is 7.21. The Morgan fingerprint density at radius 3 is 2.48 bits per heavy atom. The van der Waals surface area contributed by atoms with Crippen LogP contribution in [0, 0.1) is 5.82 Å². The van der Waals surface area contributed by atoms with Crippen LogP contribution in [0.4, 0.5) is 17.6 Å². The molecule has 0 amide bonds. The Morgan fingerprint density at radius 1 is 1.32 bits per heavy atom. The van der Waals surface area contributed by atoms with Crippen molar-refractivity contribution in [2.45, 2.75) is 19.0 Å². The van der Waals surface area contributed by atoms with Gasteiger partial charge in [-0.3, -0.25) is 9.48 Å². The smallest absolute Gasteiger partial charge is 0.434 e. The number of alkyl halides is 3. The van der Waals surface area contributed by atoms with Crippen LogP contribution in [-0.2, 0) is 29.2 Å². The Kier molecular flexibility index (Phi) is 5.63. The number of hydrogen-bond donors (Lipinski definition) is 0. The maximum Gasteiger partial charge on any atom is 0.434 e. The minimum atomic E-state index is -4.74. The number of carbonyl (C=O) groups is 1. The third-order valence-corrected chi connectivity index (χ3v) is 4.19. The van der Waals surface area contributed by atoms with Crippen molar-refractivity contribution in [1.29, 1.82) is 0 Å². The van der Waals surface area contributed by atoms with E-state index in [1.165, 1.54) is 13.2 Å². The van der Waals surface area contributed by atoms with Crippen LogP contribution in [-0.4, -0.2) is 22.9 Å². The Hall–Kier alpha value is -1.80. The molecule has 0 aliphatic heterocycles. The van der Waals surface area contributed by atoms with Crippen molar-refractivity contribution >= 4 is 29.2 Å². The standard InChI is InChI=1S/C15H12Cl2F4N2O2/c1-23-14(15(19,20)21)12(17)13(22-23)8-5-7(3-4-11(24)25-2)9(16)6-10(8)18/h5-6H,3-4H2,1-2H3. The van der Waals surface area contributed by atoms with Crippen LogP contribution in [0.2, 0.25) is 10.0 Å². The van der Waals surface area contributed by atoms with Crippen LogP contribution in [0.3, 0.4) is 0 Å². The van der Waals surface area contributed by atoms with Gasteiger partial charge in [-0.25, -0.2) is 4.39 Å². The van der Waals surface area contributed by atoms with Gasteiger partial charge in [-0.1, -0.05) is 23.2 Å². The summed E-state index contributed by atoms with van der Waals surface area (Å²) < 4.78 is 58.3. The summed E-state index contributed by atoms with van der Waals surface area (Å²) in [6.45, 7) is 0. The number of benzene rings is 1. The first-order valence-corrected chi connectivity index (χ1v) is 7.66. The summed E-state index contributed by atoms with van der Waals surface area (Å²) in [7, 11) is 2.27. The van der Waals surface area contributed by atoms with Gasteiger partial charge in [-0.2, -0.15) is 18.3 Å². The van der Waals surface area contributed by atoms with Gasteiger partial charge in [0, 0.05) is 24.1 Å². The summed E-state index contributed by atoms with van der Waals surface area (Å²) in [5.74, 6) is -1.38. The number of ether oxygens (including phenoxy) is 1. The molecule has 136 valence electrons. The molecule has 2 aromatic rings. The Morgan fingerprint density at radius 2 is 1.96 bits per heavy atom. The van der Waals surface area contributed by atoms with Crippen LogP contribution in [0.15, 0.2) is 12.1 Å². The molecule has 2 rings (SSSR count). The van der Waals surface area contributed by atoms with E-state index in [4.69, 9.17) is 23.2 Å². The molecule has 1 aromatic heterocycles. The Bertz CT molecular complexity index is 819. The molecule has 0 saturated heterocycles. The maximum atomic E-state index is 14.2. The second-order valence-corrected chi connectivity index (χ2v) is 5.92. The van der Waals surface area contributed by atoms with Crippen molar-refractivity contribution in [3.63, 3.8) is 0 Å². The van der Waals surface area contributed by atoms with Crippen LogP contribution in [0.1, 0.15) is 17.7 Å². The highest BCUT2D eigenvalue weighted by Crippen LogP contribution is 2.40. The van der Waals surface area contributed by atoms with Gasteiger partial charge < -0.3 is 4.74 Å². The van der Waals surface area contributed by atoms with E-state index < -0.39 is 28.7 Å². The van der Waals surface area contributed by atoms with Gasteiger partial charge in [-0.15, -0.1) is 0 Å². The molecular weight excluding hydrogens is 387 g/mol. The SMILES string of the molecule is COC(=O)CCc1cc(-c2nn(C)c(C(F)(F)F)c2Cl)c(F)cc1Cl. The summed E-state index contributed by atoms with van der Waals surface area (Å²) in [6, 6.07) is 2.18. The summed E-state index contributed by atoms with van der Waals surface area (Å²) in [5.41, 5.74) is -1.42. The third kappa shape index (κ3) is 4.07. The fraction of sp³-hybridized carbons (Fsp3) is 0.333. The number of hydrogen-bond acceptors (Lipinski definition) is 3. The van der Waals surface area contributed by atoms with E-state index in [0.717, 1.165) is 13.1 Å². The van der Waals surface area contributed by atoms with E-state index in [1.54, 1.807) is 0 Å². The molecule has 0 spiro atoms. The zero-order chi connectivity index (χ0) is 18.9. The van der Waals surface area contributed by atoms with Crippen molar-refractivity contribution in [1.82, 2.24) is 9.78 Å². The van der Waals surface area contributed by atoms with Crippen molar-refractivity contribution in [3.8, 4) is 11.3 Å². The first-order valence-electron chi connectivity index (χ1n) is 6.91. The van der Waals surface area contributed by atoms with Crippen LogP contribution in [0.5, 0.6) is 0 Å². The van der Waals surface area contributed by atoms with E-state index >= 15 is 0 Å². The lowest BCUT2D eigenvalue weighted by Gasteiger charge is -2.08. The quantitative estimate of drug-likeness (QED) is 0.555. The highest BCUT2D eigenvalue weighted by Gasteiger charge is 2.39. The Labute approximate surface area is 150 Å². The molecule has 10 heteroatoms. The summed E-state index contributed by atoms with van der Waals surface area (Å²) in [4.78, 5) is 11.2. The van der Waals surface area contributed by atoms with Crippen molar-refractivity contribution in [2.75, 3.05) is 7.11 Å². The van der Waals surface area contributed by atoms with E-state index in [-0.39, 0.29) is 29.1 Å². The molecule has 0 N–H and O–H groups in total. The largest absolute Gasteiger partial charge is 0.469 e. The summed E-state index contributed by atoms with van der Waals surface area (Å²) >= 11 is 11.7. The van der Waals surface area contributed by atoms with Gasteiger partial charge in [0.15, 0.2) is 5.69 Å². The number of methoxy groups -OCH3 is 1. The zero-order valence-electron chi connectivity index (χ0n) is 13.0. The van der Waals surface area contributed by atoms with E-state index in [9.17, 15) is 22.4 Å². The molecule has 0 aliphatic rings. The number of aryl methyl sites for hydroxylation is 2. The number of nitrogens with zero attached hydrogens (tertiary/aromatic N) is 2. The van der Waals surface area contributed by atoms with E-state index in [0.29, 0.717) is 10.2 Å². The monoisotopic (exact) mass is 398 g/mol. The molecule has 1 heterocycles. The zero-order valence-corrected chi connectivity index (χ0v) is 14.6. The van der Waals surface area contributed by atoms with Gasteiger partial charge in [0.25, 0.3) is 0 Å². The normalized spacial score (nSPS) is 11.7. The number of esters is 1. The first kappa shape index (κ1) is 19.5. The topological polar surface area (TPSA) is 44.1 Å². The third-order valence-electron chi connectivity index (χ3n) is 3.48. The van der Waals surface area contributed by atoms with Crippen LogP contribution in [0.25, 0.3) is 11.3 Å². The van der Waals surface area contributed by atoms with Crippen molar-refractivity contribution in [3.05, 3.63) is 39.3 Å². The van der Waals surface area contributed by atoms with Gasteiger partial charge >= 0.3 is 12.1 Å². The fourth-order valence-electron chi connectivity index (χ4n) is 2.28. The van der Waals surface area contributed by atoms with Crippen LogP contribution >= 0.6 is 23.2 Å². The van der Waals surface area contributed by atoms with Gasteiger partial charge in [0.05, 0.1) is 12.1 Å². The first-order chi connectivity index (χ1) is 11.6. The number of aromatic nitrogens is 2. The molecule has 0 aliphatic carbocycles. The number of rotatable bonds is 4. The van der Waals surface area contributed by atoms with E-state index in [1.807, 2.05) is 0 Å². The maximum absolute atomic E-state index is 14.2. The fourth-order valence-corrected chi connectivity index (χ4v) is 2.90. The average molecular weight is 399 g/mol. The van der Waals surface area contributed by atoms with Gasteiger partial charge in [0.1, 0.15) is 11.5 Å². The number of carbonyl (C=O) groups excluding carboxylic acids is 1. The molecule has 0 bridgehead atoms. The molecular formula is C15H12Cl2F4N2O2. The van der Waals surface area contributed by atoms with Gasteiger partial charge in [0.2, 0.25) is 0 Å². The lowest BCUT2D eigenvalue weighted by atomic mass is 10.0. The number of halogens is 6. The highest BCUT2D eigenvalue weighted by molar-refractivity contribution is 6.34. The molecule has 0 unspecified atom stereocenters. The molecule has 0 fully saturated rings. The highest BCUT2D eigenvalue weighted by atomic mass is 35.5.